The molecule has 0 unspecified atom stereocenters. The Labute approximate surface area is 322 Å². The van der Waals surface area contributed by atoms with Crippen LogP contribution in [0, 0.1) is 0 Å². The highest BCUT2D eigenvalue weighted by Crippen LogP contribution is 2.41. The van der Waals surface area contributed by atoms with Crippen molar-refractivity contribution in [3.8, 4) is 33.4 Å². The Hall–Kier alpha value is -6.94. The zero-order chi connectivity index (χ0) is 36.3. The number of anilines is 3. The molecule has 11 aromatic rings. The van der Waals surface area contributed by atoms with Crippen LogP contribution in [0.4, 0.5) is 17.1 Å². The number of furan rings is 1. The molecule has 0 saturated heterocycles. The third-order valence-electron chi connectivity index (χ3n) is 10.9. The van der Waals surface area contributed by atoms with Gasteiger partial charge in [0.2, 0.25) is 0 Å². The van der Waals surface area contributed by atoms with Crippen LogP contribution in [0.1, 0.15) is 0 Å². The van der Waals surface area contributed by atoms with Crippen molar-refractivity contribution in [3.05, 3.63) is 200 Å². The highest BCUT2D eigenvalue weighted by Gasteiger charge is 2.16. The summed E-state index contributed by atoms with van der Waals surface area (Å²) in [6, 6.07) is 72.4. The molecule has 11 rings (SSSR count). The van der Waals surface area contributed by atoms with Crippen molar-refractivity contribution in [1.29, 1.82) is 0 Å². The Kier molecular flexibility index (Phi) is 7.39. The zero-order valence-corrected chi connectivity index (χ0v) is 30.6. The van der Waals surface area contributed by atoms with Gasteiger partial charge in [0.05, 0.1) is 0 Å². The summed E-state index contributed by atoms with van der Waals surface area (Å²) in [6.45, 7) is 0. The van der Waals surface area contributed by atoms with E-state index in [0.717, 1.165) is 50.1 Å². The molecular weight excluding hydrogens is 687 g/mol. The monoisotopic (exact) mass is 719 g/mol. The van der Waals surface area contributed by atoms with E-state index in [1.165, 1.54) is 53.2 Å². The predicted octanol–water partition coefficient (Wildman–Crippen LogP) is 15.6. The number of thiophene rings is 1. The fraction of sp³-hybridized carbons (Fsp3) is 0. The lowest BCUT2D eigenvalue weighted by Gasteiger charge is -2.26. The average molecular weight is 720 g/mol. The van der Waals surface area contributed by atoms with Crippen LogP contribution in [0.5, 0.6) is 0 Å². The largest absolute Gasteiger partial charge is 0.456 e. The van der Waals surface area contributed by atoms with Gasteiger partial charge in [-0.15, -0.1) is 11.3 Å². The summed E-state index contributed by atoms with van der Waals surface area (Å²) < 4.78 is 8.80. The van der Waals surface area contributed by atoms with E-state index in [0.29, 0.717) is 0 Å². The van der Waals surface area contributed by atoms with Crippen LogP contribution >= 0.6 is 11.3 Å². The SMILES string of the molecule is c1cc(-c2ccc3oc4ccccc4c3c2)cc(N(c2ccc(-c3ccc4ccccc4c3)cc2)c2ccc(-c3ccc4sc5ccccc5c4c3)cc2)c1. The van der Waals surface area contributed by atoms with E-state index in [-0.39, 0.29) is 0 Å². The van der Waals surface area contributed by atoms with E-state index in [2.05, 4.69) is 193 Å². The van der Waals surface area contributed by atoms with Crippen LogP contribution in [-0.4, -0.2) is 0 Å². The van der Waals surface area contributed by atoms with Gasteiger partial charge in [0.25, 0.3) is 0 Å². The van der Waals surface area contributed by atoms with Crippen LogP contribution in [0.25, 0.3) is 86.3 Å². The van der Waals surface area contributed by atoms with Gasteiger partial charge in [-0.3, -0.25) is 0 Å². The molecule has 0 aliphatic heterocycles. The van der Waals surface area contributed by atoms with Crippen LogP contribution < -0.4 is 4.90 Å². The van der Waals surface area contributed by atoms with Gasteiger partial charge in [-0.25, -0.2) is 0 Å². The van der Waals surface area contributed by atoms with Crippen molar-refractivity contribution >= 4 is 81.3 Å². The maximum Gasteiger partial charge on any atom is 0.135 e. The molecule has 0 fully saturated rings. The smallest absolute Gasteiger partial charge is 0.135 e. The second-order valence-corrected chi connectivity index (χ2v) is 15.2. The highest BCUT2D eigenvalue weighted by atomic mass is 32.1. The average Bonchev–Trinajstić information content (AvgIpc) is 3.82. The van der Waals surface area contributed by atoms with E-state index in [4.69, 9.17) is 4.42 Å². The van der Waals surface area contributed by atoms with Gasteiger partial charge >= 0.3 is 0 Å². The van der Waals surface area contributed by atoms with Crippen LogP contribution in [-0.2, 0) is 0 Å². The number of para-hydroxylation sites is 1. The van der Waals surface area contributed by atoms with Gasteiger partial charge in [-0.05, 0) is 123 Å². The van der Waals surface area contributed by atoms with E-state index in [1.807, 2.05) is 23.5 Å². The minimum atomic E-state index is 0.903. The van der Waals surface area contributed by atoms with Crippen molar-refractivity contribution in [2.24, 2.45) is 0 Å². The van der Waals surface area contributed by atoms with Crippen LogP contribution in [0.2, 0.25) is 0 Å². The molecule has 0 saturated carbocycles. The Morgan fingerprint density at radius 2 is 0.873 bits per heavy atom. The van der Waals surface area contributed by atoms with E-state index < -0.39 is 0 Å². The quantitative estimate of drug-likeness (QED) is 0.170. The first-order valence-corrected chi connectivity index (χ1v) is 19.5. The molecule has 0 bridgehead atoms. The van der Waals surface area contributed by atoms with E-state index in [1.54, 1.807) is 0 Å². The highest BCUT2D eigenvalue weighted by molar-refractivity contribution is 7.25. The van der Waals surface area contributed by atoms with Crippen molar-refractivity contribution in [2.45, 2.75) is 0 Å². The topological polar surface area (TPSA) is 16.4 Å². The van der Waals surface area contributed by atoms with Gasteiger partial charge in [-0.1, -0.05) is 121 Å². The molecule has 0 aliphatic rings. The lowest BCUT2D eigenvalue weighted by atomic mass is 10.00. The second kappa shape index (κ2) is 12.9. The second-order valence-electron chi connectivity index (χ2n) is 14.2. The third kappa shape index (κ3) is 5.56. The molecule has 0 atom stereocenters. The maximum atomic E-state index is 6.15. The first-order chi connectivity index (χ1) is 27.2. The maximum absolute atomic E-state index is 6.15. The summed E-state index contributed by atoms with van der Waals surface area (Å²) in [6.07, 6.45) is 0. The molecule has 0 N–H and O–H groups in total. The van der Waals surface area contributed by atoms with Gasteiger partial charge < -0.3 is 9.32 Å². The Morgan fingerprint density at radius 1 is 0.309 bits per heavy atom. The van der Waals surface area contributed by atoms with Gasteiger partial charge in [0.1, 0.15) is 11.2 Å². The van der Waals surface area contributed by atoms with Crippen LogP contribution in [0.15, 0.2) is 205 Å². The lowest BCUT2D eigenvalue weighted by Crippen LogP contribution is -2.10. The summed E-state index contributed by atoms with van der Waals surface area (Å²) in [5, 5.41) is 7.39. The van der Waals surface area contributed by atoms with E-state index >= 15 is 0 Å². The molecule has 0 spiro atoms. The zero-order valence-electron chi connectivity index (χ0n) is 29.8. The molecule has 3 heteroatoms. The summed E-state index contributed by atoms with van der Waals surface area (Å²) >= 11 is 1.86. The Bertz CT molecular complexity index is 3210. The molecule has 2 nitrogen and oxygen atoms in total. The fourth-order valence-corrected chi connectivity index (χ4v) is 9.14. The predicted molar refractivity (Wildman–Crippen MR) is 235 cm³/mol. The number of hydrogen-bond acceptors (Lipinski definition) is 3. The normalized spacial score (nSPS) is 11.6. The molecule has 0 amide bonds. The third-order valence-corrected chi connectivity index (χ3v) is 12.0. The first-order valence-electron chi connectivity index (χ1n) is 18.6. The minimum absolute atomic E-state index is 0.903. The standard InChI is InChI=1S/C52H33NOS/c1-2-9-37-30-39(17-16-34(37)8-1)35-18-24-42(25-19-35)53(43-26-20-36(21-27-43)40-23-29-52-48(33-40)46-13-4-6-15-51(46)55-52)44-11-7-10-38(31-44)41-22-28-50-47(32-41)45-12-3-5-14-49(45)54-50/h1-33H. The molecule has 55 heavy (non-hydrogen) atoms. The Balaban J connectivity index is 1.000. The van der Waals surface area contributed by atoms with Crippen molar-refractivity contribution < 1.29 is 4.42 Å². The molecule has 2 heterocycles. The fourth-order valence-electron chi connectivity index (χ4n) is 8.06. The molecule has 0 radical (unpaired) electrons. The van der Waals surface area contributed by atoms with Crippen molar-refractivity contribution in [1.82, 2.24) is 0 Å². The molecule has 0 aliphatic carbocycles. The number of rotatable bonds is 6. The molecular formula is C52H33NOS. The molecule has 9 aromatic carbocycles. The Morgan fingerprint density at radius 3 is 1.69 bits per heavy atom. The van der Waals surface area contributed by atoms with Gasteiger partial charge in [0.15, 0.2) is 0 Å². The van der Waals surface area contributed by atoms with Crippen molar-refractivity contribution in [2.75, 3.05) is 4.90 Å². The molecule has 2 aromatic heterocycles. The minimum Gasteiger partial charge on any atom is -0.456 e. The first kappa shape index (κ1) is 31.6. The van der Waals surface area contributed by atoms with Crippen LogP contribution in [0.3, 0.4) is 0 Å². The number of nitrogens with zero attached hydrogens (tertiary/aromatic N) is 1. The number of fused-ring (bicyclic) bond motifs is 7. The van der Waals surface area contributed by atoms with Crippen molar-refractivity contribution in [3.63, 3.8) is 0 Å². The summed E-state index contributed by atoms with van der Waals surface area (Å²) in [5.41, 5.74) is 12.2. The number of benzene rings is 9. The van der Waals surface area contributed by atoms with Gasteiger partial charge in [-0.2, -0.15) is 0 Å². The summed E-state index contributed by atoms with van der Waals surface area (Å²) in [4.78, 5) is 2.36. The molecule has 258 valence electrons. The van der Waals surface area contributed by atoms with Gasteiger partial charge in [0, 0.05) is 48.0 Å². The lowest BCUT2D eigenvalue weighted by molar-refractivity contribution is 0.669. The number of hydrogen-bond donors (Lipinski definition) is 0. The summed E-state index contributed by atoms with van der Waals surface area (Å²) in [7, 11) is 0. The van der Waals surface area contributed by atoms with E-state index in [9.17, 15) is 0 Å². The summed E-state index contributed by atoms with van der Waals surface area (Å²) in [5.74, 6) is 0.